The first-order valence-electron chi connectivity index (χ1n) is 7.52. The number of carbonyl (C=O) groups is 2. The lowest BCUT2D eigenvalue weighted by Crippen LogP contribution is -2.48. The largest absolute Gasteiger partial charge is 0.465 e. The Hall–Kier alpha value is -1.10. The minimum atomic E-state index is -0.269. The van der Waals surface area contributed by atoms with Gasteiger partial charge >= 0.3 is 5.97 Å². The van der Waals surface area contributed by atoms with E-state index in [4.69, 9.17) is 4.74 Å². The third kappa shape index (κ3) is 6.89. The molecule has 20 heavy (non-hydrogen) atoms. The standard InChI is InChI=1S/C15H30N2O3/c1-7-9-16(11-15(19)20-8-2)10-14(18)17(12(3)4)13(5)6/h12-13H,7-11H2,1-6H3. The highest BCUT2D eigenvalue weighted by molar-refractivity contribution is 5.80. The van der Waals surface area contributed by atoms with Crippen LogP contribution in [-0.4, -0.2) is 60.0 Å². The van der Waals surface area contributed by atoms with E-state index in [1.54, 1.807) is 6.92 Å². The summed E-state index contributed by atoms with van der Waals surface area (Å²) in [6.45, 7) is 13.4. The Morgan fingerprint density at radius 2 is 1.55 bits per heavy atom. The lowest BCUT2D eigenvalue weighted by molar-refractivity contribution is -0.145. The van der Waals surface area contributed by atoms with Gasteiger partial charge in [-0.25, -0.2) is 0 Å². The van der Waals surface area contributed by atoms with Gasteiger partial charge in [-0.2, -0.15) is 0 Å². The second-order valence-corrected chi connectivity index (χ2v) is 5.50. The zero-order valence-corrected chi connectivity index (χ0v) is 13.8. The molecule has 0 aliphatic heterocycles. The van der Waals surface area contributed by atoms with Crippen LogP contribution in [0.5, 0.6) is 0 Å². The lowest BCUT2D eigenvalue weighted by atomic mass is 10.2. The zero-order chi connectivity index (χ0) is 15.7. The molecule has 0 saturated carbocycles. The predicted octanol–water partition coefficient (Wildman–Crippen LogP) is 1.91. The summed E-state index contributed by atoms with van der Waals surface area (Å²) in [6, 6.07) is 0.321. The molecule has 0 aliphatic carbocycles. The van der Waals surface area contributed by atoms with Crippen molar-refractivity contribution in [3.63, 3.8) is 0 Å². The molecule has 0 radical (unpaired) electrons. The molecule has 0 aliphatic rings. The first kappa shape index (κ1) is 18.9. The maximum Gasteiger partial charge on any atom is 0.320 e. The number of hydrogen-bond acceptors (Lipinski definition) is 4. The summed E-state index contributed by atoms with van der Waals surface area (Å²) in [5.41, 5.74) is 0. The Morgan fingerprint density at radius 3 is 1.95 bits per heavy atom. The van der Waals surface area contributed by atoms with E-state index < -0.39 is 0 Å². The number of rotatable bonds is 9. The lowest BCUT2D eigenvalue weighted by Gasteiger charge is -2.33. The maximum absolute atomic E-state index is 12.4. The fraction of sp³-hybridized carbons (Fsp3) is 0.867. The minimum Gasteiger partial charge on any atom is -0.465 e. The van der Waals surface area contributed by atoms with Crippen molar-refractivity contribution in [2.24, 2.45) is 0 Å². The number of amides is 1. The van der Waals surface area contributed by atoms with Crippen LogP contribution in [0, 0.1) is 0 Å². The van der Waals surface area contributed by atoms with Gasteiger partial charge in [-0.1, -0.05) is 6.92 Å². The topological polar surface area (TPSA) is 49.9 Å². The van der Waals surface area contributed by atoms with Gasteiger partial charge < -0.3 is 9.64 Å². The van der Waals surface area contributed by atoms with Gasteiger partial charge in [0, 0.05) is 12.1 Å². The summed E-state index contributed by atoms with van der Waals surface area (Å²) in [4.78, 5) is 27.7. The van der Waals surface area contributed by atoms with Gasteiger partial charge in [0.25, 0.3) is 0 Å². The van der Waals surface area contributed by atoms with E-state index >= 15 is 0 Å². The average Bonchev–Trinajstić information content (AvgIpc) is 2.27. The molecule has 0 unspecified atom stereocenters. The molecule has 0 atom stereocenters. The number of carbonyl (C=O) groups excluding carboxylic acids is 2. The molecule has 5 heteroatoms. The van der Waals surface area contributed by atoms with Crippen LogP contribution in [0.25, 0.3) is 0 Å². The molecule has 118 valence electrons. The van der Waals surface area contributed by atoms with Gasteiger partial charge in [-0.15, -0.1) is 0 Å². The molecule has 0 heterocycles. The maximum atomic E-state index is 12.4. The first-order valence-corrected chi connectivity index (χ1v) is 7.52. The average molecular weight is 286 g/mol. The monoisotopic (exact) mass is 286 g/mol. The minimum absolute atomic E-state index is 0.0627. The summed E-state index contributed by atoms with van der Waals surface area (Å²) in [5, 5.41) is 0. The molecule has 0 bridgehead atoms. The Bertz CT molecular complexity index is 295. The molecule has 0 rings (SSSR count). The van der Waals surface area contributed by atoms with Crippen molar-refractivity contribution >= 4 is 11.9 Å². The molecule has 0 aromatic heterocycles. The molecule has 0 fully saturated rings. The van der Waals surface area contributed by atoms with E-state index in [1.807, 2.05) is 44.4 Å². The number of ether oxygens (including phenoxy) is 1. The van der Waals surface area contributed by atoms with Crippen molar-refractivity contribution in [1.82, 2.24) is 9.80 Å². The van der Waals surface area contributed by atoms with Gasteiger partial charge in [0.05, 0.1) is 19.7 Å². The summed E-state index contributed by atoms with van der Waals surface area (Å²) in [7, 11) is 0. The van der Waals surface area contributed by atoms with Gasteiger partial charge in [0.1, 0.15) is 0 Å². The molecule has 0 saturated heterocycles. The van der Waals surface area contributed by atoms with E-state index in [9.17, 15) is 9.59 Å². The molecule has 0 N–H and O–H groups in total. The van der Waals surface area contributed by atoms with E-state index in [1.165, 1.54) is 0 Å². The van der Waals surface area contributed by atoms with Crippen molar-refractivity contribution in [1.29, 1.82) is 0 Å². The van der Waals surface area contributed by atoms with Crippen LogP contribution in [0.15, 0.2) is 0 Å². The number of esters is 1. The van der Waals surface area contributed by atoms with Crippen LogP contribution >= 0.6 is 0 Å². The molecule has 5 nitrogen and oxygen atoms in total. The van der Waals surface area contributed by atoms with E-state index in [-0.39, 0.29) is 37.0 Å². The van der Waals surface area contributed by atoms with Crippen molar-refractivity contribution in [3.05, 3.63) is 0 Å². The van der Waals surface area contributed by atoms with Gasteiger partial charge in [-0.05, 0) is 47.6 Å². The van der Waals surface area contributed by atoms with Gasteiger partial charge in [-0.3, -0.25) is 14.5 Å². The molecular formula is C15H30N2O3. The fourth-order valence-corrected chi connectivity index (χ4v) is 2.36. The Kier molecular flexibility index (Phi) is 9.21. The van der Waals surface area contributed by atoms with Crippen molar-refractivity contribution in [3.8, 4) is 0 Å². The Morgan fingerprint density at radius 1 is 1.00 bits per heavy atom. The highest BCUT2D eigenvalue weighted by Gasteiger charge is 2.23. The van der Waals surface area contributed by atoms with Gasteiger partial charge in [0.2, 0.25) is 5.91 Å². The van der Waals surface area contributed by atoms with Crippen LogP contribution in [0.1, 0.15) is 48.0 Å². The Balaban J connectivity index is 4.63. The summed E-state index contributed by atoms with van der Waals surface area (Å²) in [5.74, 6) is -0.206. The third-order valence-electron chi connectivity index (χ3n) is 2.96. The van der Waals surface area contributed by atoms with E-state index in [0.29, 0.717) is 13.2 Å². The molecule has 1 amide bonds. The molecule has 0 spiro atoms. The molecule has 0 aromatic carbocycles. The van der Waals surface area contributed by atoms with Gasteiger partial charge in [0.15, 0.2) is 0 Å². The number of nitrogens with zero attached hydrogens (tertiary/aromatic N) is 2. The van der Waals surface area contributed by atoms with Crippen LogP contribution < -0.4 is 0 Å². The number of hydrogen-bond donors (Lipinski definition) is 0. The SMILES string of the molecule is CCCN(CC(=O)OCC)CC(=O)N(C(C)C)C(C)C. The third-order valence-corrected chi connectivity index (χ3v) is 2.96. The van der Waals surface area contributed by atoms with Crippen LogP contribution in [0.4, 0.5) is 0 Å². The van der Waals surface area contributed by atoms with Crippen molar-refractivity contribution in [2.75, 3.05) is 26.2 Å². The summed E-state index contributed by atoms with van der Waals surface area (Å²) in [6.07, 6.45) is 0.899. The van der Waals surface area contributed by atoms with Crippen LogP contribution in [-0.2, 0) is 14.3 Å². The van der Waals surface area contributed by atoms with E-state index in [0.717, 1.165) is 6.42 Å². The normalized spacial score (nSPS) is 11.2. The van der Waals surface area contributed by atoms with Crippen molar-refractivity contribution in [2.45, 2.75) is 60.0 Å². The zero-order valence-electron chi connectivity index (χ0n) is 13.8. The predicted molar refractivity (Wildman–Crippen MR) is 80.5 cm³/mol. The molecular weight excluding hydrogens is 256 g/mol. The fourth-order valence-electron chi connectivity index (χ4n) is 2.36. The summed E-state index contributed by atoms with van der Waals surface area (Å²) < 4.78 is 4.95. The Labute approximate surface area is 123 Å². The summed E-state index contributed by atoms with van der Waals surface area (Å²) >= 11 is 0. The van der Waals surface area contributed by atoms with Crippen LogP contribution in [0.2, 0.25) is 0 Å². The molecule has 0 aromatic rings. The van der Waals surface area contributed by atoms with Crippen LogP contribution in [0.3, 0.4) is 0 Å². The van der Waals surface area contributed by atoms with E-state index in [2.05, 4.69) is 0 Å². The highest BCUT2D eigenvalue weighted by atomic mass is 16.5. The van der Waals surface area contributed by atoms with Crippen molar-refractivity contribution < 1.29 is 14.3 Å². The quantitative estimate of drug-likeness (QED) is 0.608. The second-order valence-electron chi connectivity index (χ2n) is 5.50. The first-order chi connectivity index (χ1) is 9.33. The second kappa shape index (κ2) is 9.75. The highest BCUT2D eigenvalue weighted by Crippen LogP contribution is 2.07. The smallest absolute Gasteiger partial charge is 0.320 e.